The summed E-state index contributed by atoms with van der Waals surface area (Å²) in [6.45, 7) is 2.62. The van der Waals surface area contributed by atoms with Crippen LogP contribution in [0.5, 0.6) is 0 Å². The lowest BCUT2D eigenvalue weighted by Gasteiger charge is -2.28. The van der Waals surface area contributed by atoms with E-state index in [9.17, 15) is 26.4 Å². The summed E-state index contributed by atoms with van der Waals surface area (Å²) in [5, 5.41) is 9.09. The quantitative estimate of drug-likeness (QED) is 0.677. The maximum Gasteiger partial charge on any atom is 0.435 e. The van der Waals surface area contributed by atoms with E-state index in [1.54, 1.807) is 24.3 Å². The number of hydrogen-bond acceptors (Lipinski definition) is 6. The maximum atomic E-state index is 13.6. The predicted octanol–water partition coefficient (Wildman–Crippen LogP) is 2.52. The minimum absolute atomic E-state index is 0.0276. The summed E-state index contributed by atoms with van der Waals surface area (Å²) in [4.78, 5) is 14.7. The highest BCUT2D eigenvalue weighted by Crippen LogP contribution is 2.33. The Morgan fingerprint density at radius 3 is 2.09 bits per heavy atom. The Kier molecular flexibility index (Phi) is 5.99. The molecule has 8 nitrogen and oxygen atoms in total. The van der Waals surface area contributed by atoms with Crippen molar-refractivity contribution in [3.8, 4) is 0 Å². The van der Waals surface area contributed by atoms with Gasteiger partial charge in [0, 0.05) is 18.8 Å². The molecule has 2 aromatic rings. The van der Waals surface area contributed by atoms with Gasteiger partial charge < -0.3 is 9.64 Å². The first-order valence-corrected chi connectivity index (χ1v) is 11.4. The normalized spacial score (nSPS) is 18.7. The molecule has 1 amide bonds. The Morgan fingerprint density at radius 2 is 1.55 bits per heavy atom. The molecule has 1 fully saturated rings. The van der Waals surface area contributed by atoms with E-state index in [1.165, 1.54) is 0 Å². The molecular formula is C21H19F3N4O4S. The Bertz CT molecular complexity index is 1220. The van der Waals surface area contributed by atoms with Crippen LogP contribution in [-0.4, -0.2) is 52.5 Å². The molecule has 0 aliphatic carbocycles. The zero-order valence-corrected chi connectivity index (χ0v) is 17.9. The second-order valence-corrected chi connectivity index (χ2v) is 8.91. The Morgan fingerprint density at radius 1 is 0.970 bits per heavy atom. The lowest BCUT2D eigenvalue weighted by molar-refractivity contribution is -0.114. The average molecular weight is 480 g/mol. The molecule has 2 aliphatic rings. The zero-order chi connectivity index (χ0) is 23.8. The number of morpholine rings is 1. The van der Waals surface area contributed by atoms with Crippen molar-refractivity contribution in [1.29, 1.82) is 0 Å². The summed E-state index contributed by atoms with van der Waals surface area (Å²) in [6.07, 6.45) is -3.74. The molecule has 4 rings (SSSR count). The van der Waals surface area contributed by atoms with Crippen molar-refractivity contribution >= 4 is 39.1 Å². The van der Waals surface area contributed by atoms with Crippen LogP contribution >= 0.6 is 0 Å². The number of halogens is 3. The van der Waals surface area contributed by atoms with E-state index in [2.05, 4.69) is 10.0 Å². The summed E-state index contributed by atoms with van der Waals surface area (Å²) >= 11 is 0. The van der Waals surface area contributed by atoms with Crippen molar-refractivity contribution in [1.82, 2.24) is 0 Å². The Labute approximate surface area is 187 Å². The van der Waals surface area contributed by atoms with Gasteiger partial charge in [0.2, 0.25) is 10.0 Å². The van der Waals surface area contributed by atoms with Gasteiger partial charge in [-0.3, -0.25) is 4.79 Å². The number of rotatable bonds is 4. The molecule has 33 heavy (non-hydrogen) atoms. The van der Waals surface area contributed by atoms with Gasteiger partial charge in [0.25, 0.3) is 5.91 Å². The van der Waals surface area contributed by atoms with Crippen molar-refractivity contribution in [2.75, 3.05) is 36.2 Å². The van der Waals surface area contributed by atoms with Crippen LogP contribution in [0.1, 0.15) is 5.56 Å². The van der Waals surface area contributed by atoms with Crippen LogP contribution in [0, 0.1) is 0 Å². The Balaban J connectivity index is 1.64. The lowest BCUT2D eigenvalue weighted by Crippen LogP contribution is -2.36. The van der Waals surface area contributed by atoms with Crippen LogP contribution in [0.15, 0.2) is 64.1 Å². The third-order valence-electron chi connectivity index (χ3n) is 5.14. The topological polar surface area (TPSA) is 105 Å². The number of nitrogens with two attached hydrogens (primary N) is 1. The second-order valence-electron chi connectivity index (χ2n) is 7.35. The average Bonchev–Trinajstić information content (AvgIpc) is 3.11. The smallest absolute Gasteiger partial charge is 0.378 e. The summed E-state index contributed by atoms with van der Waals surface area (Å²) in [6, 6.07) is 11.3. The van der Waals surface area contributed by atoms with Crippen LogP contribution in [-0.2, 0) is 19.6 Å². The van der Waals surface area contributed by atoms with E-state index in [0.717, 1.165) is 36.0 Å². The number of carbonyl (C=O) groups is 1. The third kappa shape index (κ3) is 4.92. The summed E-state index contributed by atoms with van der Waals surface area (Å²) < 4.78 is 69.0. The number of hydrogen-bond donors (Lipinski definition) is 1. The van der Waals surface area contributed by atoms with E-state index in [4.69, 9.17) is 9.88 Å². The number of amides is 1. The van der Waals surface area contributed by atoms with E-state index in [-0.39, 0.29) is 10.6 Å². The first-order chi connectivity index (χ1) is 15.5. The first-order valence-electron chi connectivity index (χ1n) is 9.82. The van der Waals surface area contributed by atoms with Gasteiger partial charge in [-0.05, 0) is 48.0 Å². The maximum absolute atomic E-state index is 13.6. The van der Waals surface area contributed by atoms with E-state index in [0.29, 0.717) is 36.9 Å². The van der Waals surface area contributed by atoms with E-state index in [1.807, 2.05) is 0 Å². The molecule has 2 aliphatic heterocycles. The number of nitrogens with zero attached hydrogens (tertiary/aromatic N) is 3. The van der Waals surface area contributed by atoms with Gasteiger partial charge >= 0.3 is 6.18 Å². The van der Waals surface area contributed by atoms with Crippen molar-refractivity contribution in [2.45, 2.75) is 11.1 Å². The number of hydrazone groups is 1. The largest absolute Gasteiger partial charge is 0.435 e. The van der Waals surface area contributed by atoms with Gasteiger partial charge in [-0.25, -0.2) is 13.6 Å². The molecule has 2 heterocycles. The molecule has 0 atom stereocenters. The van der Waals surface area contributed by atoms with E-state index >= 15 is 0 Å². The molecule has 0 spiro atoms. The number of benzene rings is 2. The van der Waals surface area contributed by atoms with Gasteiger partial charge in [0.1, 0.15) is 0 Å². The molecule has 0 bridgehead atoms. The zero-order valence-electron chi connectivity index (χ0n) is 17.1. The summed E-state index contributed by atoms with van der Waals surface area (Å²) in [5.41, 5.74) is -0.671. The van der Waals surface area contributed by atoms with Gasteiger partial charge in [-0.2, -0.15) is 23.3 Å². The fourth-order valence-corrected chi connectivity index (χ4v) is 3.99. The molecule has 174 valence electrons. The van der Waals surface area contributed by atoms with Crippen molar-refractivity contribution < 1.29 is 31.1 Å². The molecular weight excluding hydrogens is 461 g/mol. The number of anilines is 2. The van der Waals surface area contributed by atoms with Crippen LogP contribution in [0.3, 0.4) is 0 Å². The van der Waals surface area contributed by atoms with Gasteiger partial charge in [-0.1, -0.05) is 12.1 Å². The standard InChI is InChI=1S/C21H19F3N4O4S/c22-21(23,24)19-18(13-14-1-3-15(4-2-14)27-9-11-32-12-10-27)20(29)28(26-19)16-5-7-17(8-6-16)33(25,30)31/h1-8,13H,9-12H2,(H2,25,30,31)/b18-13-. The second kappa shape index (κ2) is 8.61. The van der Waals surface area contributed by atoms with E-state index < -0.39 is 33.4 Å². The monoisotopic (exact) mass is 480 g/mol. The predicted molar refractivity (Wildman–Crippen MR) is 116 cm³/mol. The molecule has 1 saturated heterocycles. The SMILES string of the molecule is NS(=O)(=O)c1ccc(N2N=C(C(F)(F)F)/C(=C/c3ccc(N4CCOCC4)cc3)C2=O)cc1. The van der Waals surface area contributed by atoms with Crippen molar-refractivity contribution in [3.05, 3.63) is 59.7 Å². The molecule has 0 radical (unpaired) electrons. The van der Waals surface area contributed by atoms with Crippen molar-refractivity contribution in [2.24, 2.45) is 10.2 Å². The number of primary sulfonamides is 1. The molecule has 2 aromatic carbocycles. The fraction of sp³-hybridized carbons (Fsp3) is 0.238. The van der Waals surface area contributed by atoms with Crippen LogP contribution < -0.4 is 15.0 Å². The number of ether oxygens (including phenoxy) is 1. The first kappa shape index (κ1) is 23.0. The molecule has 12 heteroatoms. The third-order valence-corrected chi connectivity index (χ3v) is 6.07. The highest BCUT2D eigenvalue weighted by atomic mass is 32.2. The molecule has 2 N–H and O–H groups in total. The van der Waals surface area contributed by atoms with Crippen LogP contribution in [0.25, 0.3) is 6.08 Å². The lowest BCUT2D eigenvalue weighted by atomic mass is 10.1. The number of alkyl halides is 3. The molecule has 0 unspecified atom stereocenters. The van der Waals surface area contributed by atoms with Crippen LogP contribution in [0.4, 0.5) is 24.5 Å². The van der Waals surface area contributed by atoms with Gasteiger partial charge in [0.05, 0.1) is 29.4 Å². The summed E-state index contributed by atoms with van der Waals surface area (Å²) in [7, 11) is -3.99. The number of carbonyl (C=O) groups excluding carboxylic acids is 1. The fourth-order valence-electron chi connectivity index (χ4n) is 3.48. The number of sulfonamides is 1. The minimum atomic E-state index is -4.87. The van der Waals surface area contributed by atoms with Crippen molar-refractivity contribution in [3.63, 3.8) is 0 Å². The molecule has 0 aromatic heterocycles. The van der Waals surface area contributed by atoms with Gasteiger partial charge in [-0.15, -0.1) is 0 Å². The highest BCUT2D eigenvalue weighted by Gasteiger charge is 2.46. The Hall–Kier alpha value is -3.22. The summed E-state index contributed by atoms with van der Waals surface area (Å²) in [5.74, 6) is -0.983. The van der Waals surface area contributed by atoms with Gasteiger partial charge in [0.15, 0.2) is 5.71 Å². The van der Waals surface area contributed by atoms with Crippen LogP contribution in [0.2, 0.25) is 0 Å². The minimum Gasteiger partial charge on any atom is -0.378 e. The highest BCUT2D eigenvalue weighted by molar-refractivity contribution is 7.89. The molecule has 0 saturated carbocycles.